The Morgan fingerprint density at radius 3 is 2.38 bits per heavy atom. The Morgan fingerprint density at radius 2 is 1.94 bits per heavy atom. The van der Waals surface area contributed by atoms with Crippen molar-refractivity contribution in [3.63, 3.8) is 0 Å². The van der Waals surface area contributed by atoms with Crippen LogP contribution in [-0.2, 0) is 4.79 Å². The maximum Gasteiger partial charge on any atom is 0.225 e. The zero-order valence-electron chi connectivity index (χ0n) is 10.2. The molecular formula is C12H23ClN2O. The molecule has 3 nitrogen and oxygen atoms in total. The number of amides is 1. The van der Waals surface area contributed by atoms with Gasteiger partial charge in [-0.05, 0) is 38.5 Å². The van der Waals surface area contributed by atoms with E-state index in [0.29, 0.717) is 17.9 Å². The van der Waals surface area contributed by atoms with Crippen molar-refractivity contribution in [1.29, 1.82) is 0 Å². The molecule has 2 rings (SSSR count). The lowest BCUT2D eigenvalue weighted by Crippen LogP contribution is -2.38. The summed E-state index contributed by atoms with van der Waals surface area (Å²) in [5, 5.41) is 0. The zero-order chi connectivity index (χ0) is 11.0. The lowest BCUT2D eigenvalue weighted by atomic mass is 10.1. The fraction of sp³-hybridized carbons (Fsp3) is 0.917. The molecule has 1 amide bonds. The van der Waals surface area contributed by atoms with Crippen molar-refractivity contribution in [2.75, 3.05) is 6.54 Å². The molecule has 2 fully saturated rings. The molecule has 0 radical (unpaired) electrons. The Kier molecular flexibility index (Phi) is 4.62. The first-order chi connectivity index (χ1) is 7.08. The molecule has 1 saturated carbocycles. The Balaban J connectivity index is 0.00000128. The first-order valence-corrected chi connectivity index (χ1v) is 6.14. The van der Waals surface area contributed by atoms with Crippen LogP contribution in [0.5, 0.6) is 0 Å². The molecule has 1 aliphatic heterocycles. The molecule has 16 heavy (non-hydrogen) atoms. The predicted molar refractivity (Wildman–Crippen MR) is 67.5 cm³/mol. The second-order valence-electron chi connectivity index (χ2n) is 5.45. The second-order valence-corrected chi connectivity index (χ2v) is 5.45. The van der Waals surface area contributed by atoms with Crippen LogP contribution in [0.15, 0.2) is 0 Å². The lowest BCUT2D eigenvalue weighted by molar-refractivity contribution is -0.136. The molecule has 94 valence electrons. The smallest absolute Gasteiger partial charge is 0.225 e. The van der Waals surface area contributed by atoms with Crippen LogP contribution in [0.3, 0.4) is 0 Å². The van der Waals surface area contributed by atoms with E-state index in [2.05, 4.69) is 18.7 Å². The Hall–Kier alpha value is -0.280. The van der Waals surface area contributed by atoms with E-state index in [1.165, 1.54) is 0 Å². The summed E-state index contributed by atoms with van der Waals surface area (Å²) in [7, 11) is 0. The number of rotatable bonds is 1. The number of likely N-dealkylation sites (tertiary alicyclic amines) is 1. The van der Waals surface area contributed by atoms with Gasteiger partial charge in [0.15, 0.2) is 0 Å². The molecule has 1 heterocycles. The minimum atomic E-state index is 0. The molecule has 4 atom stereocenters. The molecule has 1 aliphatic carbocycles. The van der Waals surface area contributed by atoms with E-state index in [1.54, 1.807) is 0 Å². The minimum Gasteiger partial charge on any atom is -0.339 e. The predicted octanol–water partition coefficient (Wildman–Crippen LogP) is 1.79. The van der Waals surface area contributed by atoms with Gasteiger partial charge in [0.25, 0.3) is 0 Å². The number of carbonyl (C=O) groups is 1. The molecule has 2 N–H and O–H groups in total. The van der Waals surface area contributed by atoms with Gasteiger partial charge in [-0.15, -0.1) is 12.4 Å². The quantitative estimate of drug-likeness (QED) is 0.767. The van der Waals surface area contributed by atoms with Gasteiger partial charge in [0.1, 0.15) is 0 Å². The second kappa shape index (κ2) is 5.37. The lowest BCUT2D eigenvalue weighted by Gasteiger charge is -2.24. The van der Waals surface area contributed by atoms with Crippen LogP contribution < -0.4 is 5.73 Å². The van der Waals surface area contributed by atoms with Crippen molar-refractivity contribution >= 4 is 18.3 Å². The van der Waals surface area contributed by atoms with Gasteiger partial charge in [-0.3, -0.25) is 4.79 Å². The van der Waals surface area contributed by atoms with Crippen molar-refractivity contribution < 1.29 is 4.79 Å². The summed E-state index contributed by atoms with van der Waals surface area (Å²) >= 11 is 0. The molecule has 4 unspecified atom stereocenters. The largest absolute Gasteiger partial charge is 0.339 e. The topological polar surface area (TPSA) is 46.3 Å². The van der Waals surface area contributed by atoms with Crippen LogP contribution in [0.2, 0.25) is 0 Å². The van der Waals surface area contributed by atoms with Gasteiger partial charge < -0.3 is 10.6 Å². The molecule has 0 spiro atoms. The first-order valence-electron chi connectivity index (χ1n) is 6.14. The van der Waals surface area contributed by atoms with E-state index in [0.717, 1.165) is 32.2 Å². The summed E-state index contributed by atoms with van der Waals surface area (Å²) < 4.78 is 0. The van der Waals surface area contributed by atoms with Crippen molar-refractivity contribution in [3.8, 4) is 0 Å². The molecule has 4 heteroatoms. The Bertz CT molecular complexity index is 259. The van der Waals surface area contributed by atoms with Gasteiger partial charge in [0.05, 0.1) is 0 Å². The SMILES string of the molecule is CC1CC(C)N(C(=O)C2CCC(N)C2)C1.Cl. The standard InChI is InChI=1S/C12H22N2O.ClH/c1-8-5-9(2)14(7-8)12(15)10-3-4-11(13)6-10;/h8-11H,3-7,13H2,1-2H3;1H. The first kappa shape index (κ1) is 13.8. The zero-order valence-corrected chi connectivity index (χ0v) is 11.0. The molecule has 1 saturated heterocycles. The summed E-state index contributed by atoms with van der Waals surface area (Å²) in [5.41, 5.74) is 5.85. The molecule has 0 bridgehead atoms. The number of carbonyl (C=O) groups excluding carboxylic acids is 1. The van der Waals surface area contributed by atoms with Crippen LogP contribution in [0.25, 0.3) is 0 Å². The monoisotopic (exact) mass is 246 g/mol. The third-order valence-electron chi connectivity index (χ3n) is 3.89. The van der Waals surface area contributed by atoms with E-state index in [9.17, 15) is 4.79 Å². The van der Waals surface area contributed by atoms with Gasteiger partial charge >= 0.3 is 0 Å². The van der Waals surface area contributed by atoms with E-state index in [4.69, 9.17) is 5.73 Å². The van der Waals surface area contributed by atoms with Crippen molar-refractivity contribution in [3.05, 3.63) is 0 Å². The number of hydrogen-bond donors (Lipinski definition) is 1. The molecule has 0 aromatic heterocycles. The molecule has 2 aliphatic rings. The van der Waals surface area contributed by atoms with Crippen LogP contribution in [0, 0.1) is 11.8 Å². The number of nitrogens with two attached hydrogens (primary N) is 1. The fourth-order valence-electron chi connectivity index (χ4n) is 3.08. The maximum atomic E-state index is 12.2. The average molecular weight is 247 g/mol. The molecular weight excluding hydrogens is 224 g/mol. The third kappa shape index (κ3) is 2.69. The van der Waals surface area contributed by atoms with Gasteiger partial charge in [0, 0.05) is 24.5 Å². The van der Waals surface area contributed by atoms with Gasteiger partial charge in [-0.1, -0.05) is 6.92 Å². The summed E-state index contributed by atoms with van der Waals surface area (Å²) in [6.07, 6.45) is 4.08. The van der Waals surface area contributed by atoms with E-state index in [-0.39, 0.29) is 24.4 Å². The van der Waals surface area contributed by atoms with Crippen LogP contribution in [0.1, 0.15) is 39.5 Å². The van der Waals surface area contributed by atoms with E-state index >= 15 is 0 Å². The highest BCUT2D eigenvalue weighted by molar-refractivity contribution is 5.85. The van der Waals surface area contributed by atoms with Crippen LogP contribution in [0.4, 0.5) is 0 Å². The average Bonchev–Trinajstić information content (AvgIpc) is 2.71. The van der Waals surface area contributed by atoms with Crippen LogP contribution >= 0.6 is 12.4 Å². The number of hydrogen-bond acceptors (Lipinski definition) is 2. The normalized spacial score (nSPS) is 38.6. The van der Waals surface area contributed by atoms with Crippen molar-refractivity contribution in [1.82, 2.24) is 4.90 Å². The highest BCUT2D eigenvalue weighted by Gasteiger charge is 2.36. The Morgan fingerprint density at radius 1 is 1.25 bits per heavy atom. The van der Waals surface area contributed by atoms with Gasteiger partial charge in [-0.25, -0.2) is 0 Å². The minimum absolute atomic E-state index is 0. The van der Waals surface area contributed by atoms with Crippen molar-refractivity contribution in [2.24, 2.45) is 17.6 Å². The highest BCUT2D eigenvalue weighted by atomic mass is 35.5. The summed E-state index contributed by atoms with van der Waals surface area (Å²) in [6.45, 7) is 5.34. The van der Waals surface area contributed by atoms with Gasteiger partial charge in [0.2, 0.25) is 5.91 Å². The van der Waals surface area contributed by atoms with Crippen LogP contribution in [-0.4, -0.2) is 29.4 Å². The summed E-state index contributed by atoms with van der Waals surface area (Å²) in [5.74, 6) is 1.24. The third-order valence-corrected chi connectivity index (χ3v) is 3.89. The Labute approximate surface area is 104 Å². The van der Waals surface area contributed by atoms with E-state index in [1.807, 2.05) is 0 Å². The molecule has 0 aromatic carbocycles. The van der Waals surface area contributed by atoms with Crippen molar-refractivity contribution in [2.45, 2.75) is 51.6 Å². The fourth-order valence-corrected chi connectivity index (χ4v) is 3.08. The summed E-state index contributed by atoms with van der Waals surface area (Å²) in [6, 6.07) is 0.693. The van der Waals surface area contributed by atoms with E-state index < -0.39 is 0 Å². The van der Waals surface area contributed by atoms with Gasteiger partial charge in [-0.2, -0.15) is 0 Å². The maximum absolute atomic E-state index is 12.2. The highest BCUT2D eigenvalue weighted by Crippen LogP contribution is 2.30. The molecule has 0 aromatic rings. The summed E-state index contributed by atoms with van der Waals surface area (Å²) in [4.78, 5) is 14.3. The number of nitrogens with zero attached hydrogens (tertiary/aromatic N) is 1. The number of halogens is 1.